The van der Waals surface area contributed by atoms with E-state index < -0.39 is 0 Å². The monoisotopic (exact) mass is 710 g/mol. The van der Waals surface area contributed by atoms with Gasteiger partial charge in [0.25, 0.3) is 0 Å². The highest BCUT2D eigenvalue weighted by atomic mass is 32.1. The number of hydrogen-bond acceptors (Lipinski definition) is 3. The Morgan fingerprint density at radius 3 is 1.83 bits per heavy atom. The van der Waals surface area contributed by atoms with Crippen molar-refractivity contribution in [2.24, 2.45) is 0 Å². The van der Waals surface area contributed by atoms with Gasteiger partial charge in [0, 0.05) is 48.3 Å². The van der Waals surface area contributed by atoms with Crippen LogP contribution >= 0.6 is 11.3 Å². The highest BCUT2D eigenvalue weighted by molar-refractivity contribution is 7.25. The zero-order valence-corrected chi connectivity index (χ0v) is 31.1. The maximum Gasteiger partial charge on any atom is 0.0503 e. The van der Waals surface area contributed by atoms with E-state index in [4.69, 9.17) is 0 Å². The molecule has 9 aromatic rings. The molecule has 8 aromatic carbocycles. The van der Waals surface area contributed by atoms with Gasteiger partial charge < -0.3 is 9.80 Å². The molecule has 54 heavy (non-hydrogen) atoms. The van der Waals surface area contributed by atoms with Crippen LogP contribution in [0.5, 0.6) is 0 Å². The van der Waals surface area contributed by atoms with Crippen LogP contribution in [-0.4, -0.2) is 0 Å². The molecule has 0 fully saturated rings. The van der Waals surface area contributed by atoms with Gasteiger partial charge in [0.05, 0.1) is 11.4 Å². The van der Waals surface area contributed by atoms with Crippen LogP contribution in [0.2, 0.25) is 0 Å². The minimum atomic E-state index is -0.190. The van der Waals surface area contributed by atoms with E-state index in [0.29, 0.717) is 0 Å². The van der Waals surface area contributed by atoms with E-state index in [1.807, 2.05) is 11.3 Å². The topological polar surface area (TPSA) is 6.48 Å². The lowest BCUT2D eigenvalue weighted by Gasteiger charge is -2.42. The van der Waals surface area contributed by atoms with Crippen LogP contribution in [0.25, 0.3) is 42.4 Å². The molecule has 3 heteroatoms. The van der Waals surface area contributed by atoms with Crippen molar-refractivity contribution in [2.45, 2.75) is 19.3 Å². The van der Waals surface area contributed by atoms with Crippen molar-refractivity contribution in [1.29, 1.82) is 0 Å². The summed E-state index contributed by atoms with van der Waals surface area (Å²) in [6.07, 6.45) is 0. The summed E-state index contributed by atoms with van der Waals surface area (Å²) >= 11 is 1.86. The first-order valence-corrected chi connectivity index (χ1v) is 19.4. The summed E-state index contributed by atoms with van der Waals surface area (Å²) in [5, 5.41) is 2.63. The molecule has 1 aromatic heterocycles. The SMILES string of the molecule is CC1(C)c2ccccc2N(c2cccc(-c3ccccc3)c2)c2ccc(-c3ccc(N(c4ccccc4)c4ccc5c(c4)sc4ccccc45)cc3)cc21. The van der Waals surface area contributed by atoms with Gasteiger partial charge >= 0.3 is 0 Å². The van der Waals surface area contributed by atoms with Crippen molar-refractivity contribution in [1.82, 2.24) is 0 Å². The first-order valence-electron chi connectivity index (χ1n) is 18.6. The molecule has 0 saturated heterocycles. The van der Waals surface area contributed by atoms with Crippen LogP contribution in [0.4, 0.5) is 34.1 Å². The Hall–Kier alpha value is -6.42. The average molecular weight is 711 g/mol. The highest BCUT2D eigenvalue weighted by Crippen LogP contribution is 2.53. The van der Waals surface area contributed by atoms with Crippen molar-refractivity contribution in [3.8, 4) is 22.3 Å². The van der Waals surface area contributed by atoms with Crippen LogP contribution < -0.4 is 9.80 Å². The Kier molecular flexibility index (Phi) is 7.71. The Balaban J connectivity index is 1.05. The predicted molar refractivity (Wildman–Crippen MR) is 232 cm³/mol. The van der Waals surface area contributed by atoms with Crippen molar-refractivity contribution in [2.75, 3.05) is 9.80 Å². The smallest absolute Gasteiger partial charge is 0.0503 e. The third-order valence-corrected chi connectivity index (χ3v) is 12.2. The zero-order valence-electron chi connectivity index (χ0n) is 30.3. The molecule has 1 aliphatic heterocycles. The van der Waals surface area contributed by atoms with Gasteiger partial charge in [-0.25, -0.2) is 0 Å². The highest BCUT2D eigenvalue weighted by Gasteiger charge is 2.37. The molecule has 0 N–H and O–H groups in total. The fraction of sp³-hybridized carbons (Fsp3) is 0.0588. The summed E-state index contributed by atoms with van der Waals surface area (Å²) in [5.41, 5.74) is 14.3. The third-order valence-electron chi connectivity index (χ3n) is 11.0. The van der Waals surface area contributed by atoms with E-state index in [-0.39, 0.29) is 5.41 Å². The fourth-order valence-corrected chi connectivity index (χ4v) is 9.44. The molecular formula is C51H38N2S. The first-order chi connectivity index (χ1) is 26.5. The van der Waals surface area contributed by atoms with E-state index >= 15 is 0 Å². The zero-order chi connectivity index (χ0) is 36.2. The van der Waals surface area contributed by atoms with E-state index in [2.05, 4.69) is 218 Å². The van der Waals surface area contributed by atoms with Crippen LogP contribution in [0.3, 0.4) is 0 Å². The van der Waals surface area contributed by atoms with Gasteiger partial charge in [-0.3, -0.25) is 0 Å². The average Bonchev–Trinajstić information content (AvgIpc) is 3.60. The Morgan fingerprint density at radius 1 is 0.407 bits per heavy atom. The Bertz CT molecular complexity index is 2800. The molecular weight excluding hydrogens is 673 g/mol. The van der Waals surface area contributed by atoms with Crippen molar-refractivity contribution >= 4 is 65.6 Å². The number of rotatable bonds is 6. The summed E-state index contributed by atoms with van der Waals surface area (Å²) in [4.78, 5) is 4.81. The second-order valence-corrected chi connectivity index (χ2v) is 15.7. The lowest BCUT2D eigenvalue weighted by atomic mass is 9.73. The van der Waals surface area contributed by atoms with Crippen molar-refractivity contribution in [3.05, 3.63) is 205 Å². The molecule has 2 heterocycles. The maximum absolute atomic E-state index is 2.44. The summed E-state index contributed by atoms with van der Waals surface area (Å²) in [7, 11) is 0. The summed E-state index contributed by atoms with van der Waals surface area (Å²) in [6.45, 7) is 4.72. The largest absolute Gasteiger partial charge is 0.310 e. The van der Waals surface area contributed by atoms with Gasteiger partial charge in [0.2, 0.25) is 0 Å². The van der Waals surface area contributed by atoms with Crippen LogP contribution in [0.15, 0.2) is 194 Å². The number of fused-ring (bicyclic) bond motifs is 5. The quantitative estimate of drug-likeness (QED) is 0.169. The number of anilines is 6. The number of thiophene rings is 1. The first kappa shape index (κ1) is 32.2. The van der Waals surface area contributed by atoms with E-state index in [0.717, 1.165) is 22.7 Å². The molecule has 0 amide bonds. The fourth-order valence-electron chi connectivity index (χ4n) is 8.30. The lowest BCUT2D eigenvalue weighted by Crippen LogP contribution is -2.30. The van der Waals surface area contributed by atoms with Crippen molar-refractivity contribution in [3.63, 3.8) is 0 Å². The summed E-state index contributed by atoms with van der Waals surface area (Å²) in [6, 6.07) is 70.8. The van der Waals surface area contributed by atoms with Gasteiger partial charge in [0.1, 0.15) is 0 Å². The second kappa shape index (κ2) is 12.9. The number of nitrogens with zero attached hydrogens (tertiary/aromatic N) is 2. The molecule has 0 atom stereocenters. The van der Waals surface area contributed by atoms with Gasteiger partial charge in [-0.2, -0.15) is 0 Å². The van der Waals surface area contributed by atoms with Gasteiger partial charge in [-0.05, 0) is 106 Å². The molecule has 258 valence electrons. The molecule has 0 spiro atoms. The second-order valence-electron chi connectivity index (χ2n) is 14.6. The molecule has 0 saturated carbocycles. The molecule has 2 nitrogen and oxygen atoms in total. The van der Waals surface area contributed by atoms with Gasteiger partial charge in [0.15, 0.2) is 0 Å². The van der Waals surface area contributed by atoms with Gasteiger partial charge in [-0.15, -0.1) is 11.3 Å². The normalized spacial score (nSPS) is 13.1. The minimum absolute atomic E-state index is 0.190. The molecule has 0 unspecified atom stereocenters. The van der Waals surface area contributed by atoms with E-state index in [9.17, 15) is 0 Å². The van der Waals surface area contributed by atoms with E-state index in [1.54, 1.807) is 0 Å². The number of benzene rings is 8. The molecule has 0 aliphatic carbocycles. The van der Waals surface area contributed by atoms with Crippen LogP contribution in [0, 0.1) is 0 Å². The Morgan fingerprint density at radius 2 is 1.00 bits per heavy atom. The molecule has 0 bridgehead atoms. The van der Waals surface area contributed by atoms with E-state index in [1.165, 1.54) is 64.9 Å². The summed E-state index contributed by atoms with van der Waals surface area (Å²) in [5.74, 6) is 0. The van der Waals surface area contributed by atoms with Crippen LogP contribution in [0.1, 0.15) is 25.0 Å². The Labute approximate surface area is 320 Å². The van der Waals surface area contributed by atoms with Gasteiger partial charge in [-0.1, -0.05) is 135 Å². The number of para-hydroxylation sites is 2. The number of hydrogen-bond donors (Lipinski definition) is 0. The minimum Gasteiger partial charge on any atom is -0.310 e. The van der Waals surface area contributed by atoms with Crippen LogP contribution in [-0.2, 0) is 5.41 Å². The summed E-state index contributed by atoms with van der Waals surface area (Å²) < 4.78 is 2.62. The lowest BCUT2D eigenvalue weighted by molar-refractivity contribution is 0.632. The maximum atomic E-state index is 2.44. The van der Waals surface area contributed by atoms with Crippen molar-refractivity contribution < 1.29 is 0 Å². The standard InChI is InChI=1S/C51H38N2S/c1-51(2)45-21-10-11-22-47(45)53(41-19-13-16-37(32-41)35-14-5-3-6-15-35)48-31-26-38(33-46(48)51)36-24-27-40(28-25-36)52(39-17-7-4-8-18-39)42-29-30-44-43-20-9-12-23-49(43)54-50(44)34-42/h3-34H,1-2H3. The molecule has 0 radical (unpaired) electrons. The third kappa shape index (κ3) is 5.39. The molecule has 1 aliphatic rings. The molecule has 10 rings (SSSR count). The predicted octanol–water partition coefficient (Wildman–Crippen LogP) is 15.0.